The number of halogens is 4. The van der Waals surface area contributed by atoms with Crippen molar-refractivity contribution in [3.63, 3.8) is 0 Å². The van der Waals surface area contributed by atoms with Crippen molar-refractivity contribution in [2.45, 2.75) is 25.6 Å². The Bertz CT molecular complexity index is 787. The topological polar surface area (TPSA) is 30.9 Å². The minimum Gasteiger partial charge on any atom is -0.356 e. The molecule has 0 saturated carbocycles. The molecule has 29 heavy (non-hydrogen) atoms. The van der Waals surface area contributed by atoms with Crippen LogP contribution in [0.5, 0.6) is 0 Å². The molecule has 1 N–H and O–H groups in total. The fourth-order valence-corrected chi connectivity index (χ4v) is 3.48. The molecule has 0 spiro atoms. The normalized spacial score (nSPS) is 19.7. The molecule has 0 aliphatic carbocycles. The van der Waals surface area contributed by atoms with Crippen molar-refractivity contribution in [3.8, 4) is 11.8 Å². The maximum Gasteiger partial charge on any atom is 0.416 e. The van der Waals surface area contributed by atoms with Crippen molar-refractivity contribution < 1.29 is 13.2 Å². The summed E-state index contributed by atoms with van der Waals surface area (Å²) >= 11 is 0. The third-order valence-corrected chi connectivity index (χ3v) is 4.89. The maximum atomic E-state index is 12.8. The van der Waals surface area contributed by atoms with E-state index in [1.54, 1.807) is 6.07 Å². The molecule has 2 aliphatic heterocycles. The SMILES string of the molecule is CCNC(=NCC#Cc1cccc(C(F)(F)F)c1)N1CCC(N2CC=CC2)C1.I. The van der Waals surface area contributed by atoms with Gasteiger partial charge in [0, 0.05) is 44.3 Å². The summed E-state index contributed by atoms with van der Waals surface area (Å²) in [6, 6.07) is 5.59. The predicted molar refractivity (Wildman–Crippen MR) is 120 cm³/mol. The molecule has 4 nitrogen and oxygen atoms in total. The Balaban J connectivity index is 0.00000300. The van der Waals surface area contributed by atoms with Crippen LogP contribution in [0.3, 0.4) is 0 Å². The number of guanidine groups is 1. The van der Waals surface area contributed by atoms with E-state index in [9.17, 15) is 13.2 Å². The quantitative estimate of drug-likeness (QED) is 0.218. The van der Waals surface area contributed by atoms with Gasteiger partial charge in [-0.05, 0) is 31.5 Å². The Morgan fingerprint density at radius 1 is 1.28 bits per heavy atom. The molecule has 1 fully saturated rings. The summed E-state index contributed by atoms with van der Waals surface area (Å²) in [5.74, 6) is 6.46. The molecule has 158 valence electrons. The van der Waals surface area contributed by atoms with E-state index in [0.717, 1.165) is 57.2 Å². The fraction of sp³-hybridized carbons (Fsp3) is 0.476. The minimum absolute atomic E-state index is 0. The number of benzene rings is 1. The summed E-state index contributed by atoms with van der Waals surface area (Å²) in [7, 11) is 0. The number of hydrogen-bond donors (Lipinski definition) is 1. The summed E-state index contributed by atoms with van der Waals surface area (Å²) in [4.78, 5) is 9.23. The van der Waals surface area contributed by atoms with Crippen molar-refractivity contribution >= 4 is 29.9 Å². The Morgan fingerprint density at radius 2 is 2.03 bits per heavy atom. The average Bonchev–Trinajstić information content (AvgIpc) is 3.35. The maximum absolute atomic E-state index is 12.8. The molecule has 1 aromatic carbocycles. The second-order valence-electron chi connectivity index (χ2n) is 6.86. The number of hydrogen-bond acceptors (Lipinski definition) is 2. The zero-order chi connectivity index (χ0) is 20.0. The summed E-state index contributed by atoms with van der Waals surface area (Å²) < 4.78 is 38.3. The van der Waals surface area contributed by atoms with Gasteiger partial charge in [0.1, 0.15) is 6.54 Å². The zero-order valence-corrected chi connectivity index (χ0v) is 18.7. The largest absolute Gasteiger partial charge is 0.416 e. The minimum atomic E-state index is -4.36. The van der Waals surface area contributed by atoms with Gasteiger partial charge in [-0.2, -0.15) is 13.2 Å². The van der Waals surface area contributed by atoms with Crippen molar-refractivity contribution in [1.29, 1.82) is 0 Å². The van der Waals surface area contributed by atoms with Crippen LogP contribution in [0.2, 0.25) is 0 Å². The highest BCUT2D eigenvalue weighted by molar-refractivity contribution is 14.0. The van der Waals surface area contributed by atoms with Crippen molar-refractivity contribution in [1.82, 2.24) is 15.1 Å². The molecule has 1 unspecified atom stereocenters. The molecule has 1 aromatic rings. The lowest BCUT2D eigenvalue weighted by atomic mass is 10.1. The van der Waals surface area contributed by atoms with Crippen LogP contribution in [0.4, 0.5) is 13.2 Å². The Hall–Kier alpha value is -1.73. The Morgan fingerprint density at radius 3 is 2.72 bits per heavy atom. The van der Waals surface area contributed by atoms with Crippen LogP contribution in [0, 0.1) is 11.8 Å². The van der Waals surface area contributed by atoms with Gasteiger partial charge in [0.15, 0.2) is 5.96 Å². The lowest BCUT2D eigenvalue weighted by Crippen LogP contribution is -2.42. The van der Waals surface area contributed by atoms with Gasteiger partial charge in [-0.3, -0.25) is 4.90 Å². The second kappa shape index (κ2) is 10.9. The fourth-order valence-electron chi connectivity index (χ4n) is 3.48. The van der Waals surface area contributed by atoms with E-state index in [2.05, 4.69) is 44.1 Å². The summed E-state index contributed by atoms with van der Waals surface area (Å²) in [5, 5.41) is 3.29. The number of rotatable bonds is 3. The molecular weight excluding hydrogens is 492 g/mol. The first-order chi connectivity index (χ1) is 13.5. The second-order valence-corrected chi connectivity index (χ2v) is 6.86. The first-order valence-corrected chi connectivity index (χ1v) is 9.56. The number of nitrogens with zero attached hydrogens (tertiary/aromatic N) is 3. The van der Waals surface area contributed by atoms with Gasteiger partial charge in [0.05, 0.1) is 5.56 Å². The molecule has 8 heteroatoms. The molecule has 0 bridgehead atoms. The van der Waals surface area contributed by atoms with E-state index in [1.165, 1.54) is 6.07 Å². The molecular formula is C21H26F3IN4. The lowest BCUT2D eigenvalue weighted by molar-refractivity contribution is -0.137. The highest BCUT2D eigenvalue weighted by Gasteiger charge is 2.30. The first kappa shape index (κ1) is 23.5. The van der Waals surface area contributed by atoms with E-state index in [-0.39, 0.29) is 30.5 Å². The van der Waals surface area contributed by atoms with E-state index < -0.39 is 11.7 Å². The smallest absolute Gasteiger partial charge is 0.356 e. The standard InChI is InChI=1S/C21H25F3N4.HI/c1-2-25-20(28-14-10-19(16-28)27-12-3-4-13-27)26-11-6-8-17-7-5-9-18(15-17)21(22,23)24;/h3-5,7,9,15,19H,2,10-14,16H2,1H3,(H,25,26);1H. The molecule has 1 atom stereocenters. The van der Waals surface area contributed by atoms with Gasteiger partial charge in [-0.25, -0.2) is 4.99 Å². The average molecular weight is 518 g/mol. The predicted octanol–water partition coefficient (Wildman–Crippen LogP) is 3.59. The van der Waals surface area contributed by atoms with Crippen LogP contribution in [0.15, 0.2) is 41.4 Å². The summed E-state index contributed by atoms with van der Waals surface area (Å²) in [6.07, 6.45) is 1.14. The van der Waals surface area contributed by atoms with Crippen LogP contribution < -0.4 is 5.32 Å². The van der Waals surface area contributed by atoms with Gasteiger partial charge in [0.2, 0.25) is 0 Å². The van der Waals surface area contributed by atoms with Crippen LogP contribution in [-0.2, 0) is 6.18 Å². The van der Waals surface area contributed by atoms with E-state index in [4.69, 9.17) is 0 Å². The van der Waals surface area contributed by atoms with Gasteiger partial charge in [0.25, 0.3) is 0 Å². The van der Waals surface area contributed by atoms with Gasteiger partial charge < -0.3 is 10.2 Å². The first-order valence-electron chi connectivity index (χ1n) is 9.56. The highest BCUT2D eigenvalue weighted by Crippen LogP contribution is 2.29. The van der Waals surface area contributed by atoms with Crippen molar-refractivity contribution in [2.75, 3.05) is 39.3 Å². The van der Waals surface area contributed by atoms with E-state index in [0.29, 0.717) is 11.6 Å². The summed E-state index contributed by atoms with van der Waals surface area (Å²) in [5.41, 5.74) is -0.339. The number of nitrogens with one attached hydrogen (secondary N) is 1. The third kappa shape index (κ3) is 6.64. The highest BCUT2D eigenvalue weighted by atomic mass is 127. The van der Waals surface area contributed by atoms with E-state index >= 15 is 0 Å². The van der Waals surface area contributed by atoms with Gasteiger partial charge in [-0.1, -0.05) is 30.1 Å². The molecule has 3 rings (SSSR count). The molecule has 0 aromatic heterocycles. The van der Waals surface area contributed by atoms with Crippen molar-refractivity contribution in [3.05, 3.63) is 47.5 Å². The summed E-state index contributed by atoms with van der Waals surface area (Å²) in [6.45, 7) is 6.89. The van der Waals surface area contributed by atoms with E-state index in [1.807, 2.05) is 6.92 Å². The van der Waals surface area contributed by atoms with Crippen molar-refractivity contribution in [2.24, 2.45) is 4.99 Å². The molecule has 2 aliphatic rings. The van der Waals surface area contributed by atoms with Crippen LogP contribution in [0.1, 0.15) is 24.5 Å². The zero-order valence-electron chi connectivity index (χ0n) is 16.4. The lowest BCUT2D eigenvalue weighted by Gasteiger charge is -2.25. The van der Waals surface area contributed by atoms with Crippen LogP contribution in [-0.4, -0.2) is 61.1 Å². The van der Waals surface area contributed by atoms with Crippen LogP contribution in [0.25, 0.3) is 0 Å². The number of alkyl halides is 3. The number of aliphatic imine (C=N–C) groups is 1. The Kier molecular flexibility index (Phi) is 8.83. The van der Waals surface area contributed by atoms with Gasteiger partial charge in [-0.15, -0.1) is 24.0 Å². The molecule has 2 heterocycles. The molecule has 0 radical (unpaired) electrons. The molecule has 1 saturated heterocycles. The Labute approximate surface area is 187 Å². The monoisotopic (exact) mass is 518 g/mol. The number of likely N-dealkylation sites (tertiary alicyclic amines) is 1. The van der Waals surface area contributed by atoms with Gasteiger partial charge >= 0.3 is 6.18 Å². The third-order valence-electron chi connectivity index (χ3n) is 4.89. The molecule has 0 amide bonds. The van der Waals surface area contributed by atoms with Crippen LogP contribution >= 0.6 is 24.0 Å².